The summed E-state index contributed by atoms with van der Waals surface area (Å²) >= 11 is 1.82. The lowest BCUT2D eigenvalue weighted by Gasteiger charge is -2.22. The van der Waals surface area contributed by atoms with E-state index in [1.54, 1.807) is 18.2 Å². The number of aromatic nitrogens is 4. The molecule has 0 aliphatic carbocycles. The number of benzene rings is 1. The predicted octanol–water partition coefficient (Wildman–Crippen LogP) is 1.59. The lowest BCUT2D eigenvalue weighted by molar-refractivity contribution is 0.0924. The van der Waals surface area contributed by atoms with Gasteiger partial charge in [0, 0.05) is 23.8 Å². The van der Waals surface area contributed by atoms with E-state index in [0.717, 1.165) is 46.0 Å². The molecule has 9 heteroatoms. The van der Waals surface area contributed by atoms with E-state index in [4.69, 9.17) is 4.74 Å². The average molecular weight is 411 g/mol. The number of hydrogen-bond acceptors (Lipinski definition) is 6. The van der Waals surface area contributed by atoms with Crippen molar-refractivity contribution >= 4 is 28.7 Å². The van der Waals surface area contributed by atoms with Gasteiger partial charge in [-0.1, -0.05) is 0 Å². The van der Waals surface area contributed by atoms with Gasteiger partial charge in [0.15, 0.2) is 0 Å². The van der Waals surface area contributed by atoms with Crippen molar-refractivity contribution in [2.24, 2.45) is 0 Å². The van der Waals surface area contributed by atoms with Crippen molar-refractivity contribution in [3.8, 4) is 0 Å². The van der Waals surface area contributed by atoms with E-state index in [0.29, 0.717) is 18.8 Å². The van der Waals surface area contributed by atoms with Crippen LogP contribution in [0.5, 0.6) is 0 Å². The first-order valence-electron chi connectivity index (χ1n) is 9.63. The second-order valence-electron chi connectivity index (χ2n) is 7.44. The Morgan fingerprint density at radius 3 is 3.14 bits per heavy atom. The third kappa shape index (κ3) is 3.44. The van der Waals surface area contributed by atoms with E-state index in [2.05, 4.69) is 20.4 Å². The highest BCUT2D eigenvalue weighted by Crippen LogP contribution is 2.24. The van der Waals surface area contributed by atoms with E-state index in [-0.39, 0.29) is 23.6 Å². The summed E-state index contributed by atoms with van der Waals surface area (Å²) in [6, 6.07) is 6.41. The molecule has 2 unspecified atom stereocenters. The number of fused-ring (bicyclic) bond motifs is 2. The molecule has 5 rings (SSSR count). The van der Waals surface area contributed by atoms with Crippen LogP contribution in [0.4, 0.5) is 0 Å². The van der Waals surface area contributed by atoms with Crippen LogP contribution in [0.25, 0.3) is 11.0 Å². The van der Waals surface area contributed by atoms with Gasteiger partial charge in [0.2, 0.25) is 0 Å². The van der Waals surface area contributed by atoms with Gasteiger partial charge in [-0.25, -0.2) is 9.67 Å². The van der Waals surface area contributed by atoms with Crippen LogP contribution < -0.4 is 10.9 Å². The number of carbonyl (C=O) groups excluding carboxylic acids is 1. The fraction of sp³-hybridized carbons (Fsp3) is 0.400. The van der Waals surface area contributed by atoms with Gasteiger partial charge in [-0.05, 0) is 36.4 Å². The minimum atomic E-state index is -0.317. The molecule has 1 fully saturated rings. The quantitative estimate of drug-likeness (QED) is 0.679. The Balaban J connectivity index is 1.39. The smallest absolute Gasteiger partial charge is 0.267 e. The van der Waals surface area contributed by atoms with Gasteiger partial charge in [-0.3, -0.25) is 9.59 Å². The number of thioether (sulfide) groups is 1. The average Bonchev–Trinajstić information content (AvgIpc) is 3.32. The summed E-state index contributed by atoms with van der Waals surface area (Å²) < 4.78 is 7.09. The van der Waals surface area contributed by atoms with Crippen LogP contribution in [0.15, 0.2) is 29.1 Å². The summed E-state index contributed by atoms with van der Waals surface area (Å²) in [7, 11) is 0. The Morgan fingerprint density at radius 1 is 1.34 bits per heavy atom. The number of aromatic amines is 1. The van der Waals surface area contributed by atoms with Crippen LogP contribution in [-0.2, 0) is 16.9 Å². The van der Waals surface area contributed by atoms with E-state index < -0.39 is 0 Å². The van der Waals surface area contributed by atoms with Crippen LogP contribution in [-0.4, -0.2) is 50.7 Å². The molecule has 0 bridgehead atoms. The number of nitrogens with zero attached hydrogens (tertiary/aromatic N) is 3. The molecule has 8 nitrogen and oxygen atoms in total. The monoisotopic (exact) mass is 411 g/mol. The molecule has 4 heterocycles. The zero-order valence-corrected chi connectivity index (χ0v) is 16.8. The van der Waals surface area contributed by atoms with Crippen molar-refractivity contribution in [1.82, 2.24) is 25.1 Å². The van der Waals surface area contributed by atoms with E-state index in [1.807, 2.05) is 24.8 Å². The number of amides is 1. The van der Waals surface area contributed by atoms with Gasteiger partial charge in [-0.2, -0.15) is 16.9 Å². The summed E-state index contributed by atoms with van der Waals surface area (Å²) in [5, 5.41) is 7.64. The fourth-order valence-corrected chi connectivity index (χ4v) is 4.87. The third-order valence-electron chi connectivity index (χ3n) is 5.41. The molecule has 0 radical (unpaired) electrons. The molecule has 2 aliphatic rings. The largest absolute Gasteiger partial charge is 0.377 e. The molecule has 1 amide bonds. The second kappa shape index (κ2) is 7.31. The highest BCUT2D eigenvalue weighted by atomic mass is 32.2. The lowest BCUT2D eigenvalue weighted by Crippen LogP contribution is -2.44. The van der Waals surface area contributed by atoms with Gasteiger partial charge in [0.05, 0.1) is 36.0 Å². The summed E-state index contributed by atoms with van der Waals surface area (Å²) in [6.07, 6.45) is 0.856. The maximum atomic E-state index is 12.8. The van der Waals surface area contributed by atoms with Crippen molar-refractivity contribution in [3.63, 3.8) is 0 Å². The molecular formula is C20H21N5O3S. The maximum absolute atomic E-state index is 12.8. The van der Waals surface area contributed by atoms with Gasteiger partial charge < -0.3 is 15.0 Å². The van der Waals surface area contributed by atoms with Crippen molar-refractivity contribution in [1.29, 1.82) is 0 Å². The van der Waals surface area contributed by atoms with Crippen molar-refractivity contribution in [3.05, 3.63) is 57.3 Å². The predicted molar refractivity (Wildman–Crippen MR) is 110 cm³/mol. The molecule has 2 N–H and O–H groups in total. The van der Waals surface area contributed by atoms with Crippen LogP contribution >= 0.6 is 11.8 Å². The standard InChI is InChI=1S/C20H21N5O3S/c1-11-21-15-3-2-12(6-16(15)22-11)20(27)23-17-8-28-9-18(17)25-19(26)7-13-10-29-5-4-14(13)24-25/h2-3,6-7,17-18H,4-5,8-10H2,1H3,(H,21,22)(H,23,27). The molecule has 0 saturated carbocycles. The number of hydrogen-bond donors (Lipinski definition) is 2. The Hall–Kier alpha value is -2.65. The molecule has 150 valence electrons. The van der Waals surface area contributed by atoms with Crippen molar-refractivity contribution < 1.29 is 9.53 Å². The minimum absolute atomic E-state index is 0.143. The third-order valence-corrected chi connectivity index (χ3v) is 6.41. The minimum Gasteiger partial charge on any atom is -0.377 e. The molecule has 2 atom stereocenters. The van der Waals surface area contributed by atoms with Crippen LogP contribution in [0.3, 0.4) is 0 Å². The topological polar surface area (TPSA) is 102 Å². The first-order valence-corrected chi connectivity index (χ1v) is 10.8. The van der Waals surface area contributed by atoms with Crippen LogP contribution in [0, 0.1) is 6.92 Å². The fourth-order valence-electron chi connectivity index (χ4n) is 3.92. The number of aryl methyl sites for hydroxylation is 2. The zero-order chi connectivity index (χ0) is 20.0. The zero-order valence-electron chi connectivity index (χ0n) is 16.0. The van der Waals surface area contributed by atoms with Crippen molar-refractivity contribution in [2.45, 2.75) is 31.2 Å². The maximum Gasteiger partial charge on any atom is 0.267 e. The Bertz CT molecular complexity index is 1150. The molecule has 3 aromatic rings. The molecule has 1 saturated heterocycles. The highest BCUT2D eigenvalue weighted by Gasteiger charge is 2.33. The van der Waals surface area contributed by atoms with Crippen LogP contribution in [0.1, 0.15) is 33.5 Å². The Kier molecular flexibility index (Phi) is 4.63. The number of rotatable bonds is 3. The highest BCUT2D eigenvalue weighted by molar-refractivity contribution is 7.98. The van der Waals surface area contributed by atoms with E-state index >= 15 is 0 Å². The Labute approximate surface area is 171 Å². The SMILES string of the molecule is Cc1nc2ccc(C(=O)NC3COCC3n3nc4c(cc3=O)CSCC4)cc2[nH]1. The Morgan fingerprint density at radius 2 is 2.24 bits per heavy atom. The molecule has 2 aliphatic heterocycles. The molecule has 0 spiro atoms. The molecule has 1 aromatic carbocycles. The number of nitrogens with one attached hydrogen (secondary N) is 2. The summed E-state index contributed by atoms with van der Waals surface area (Å²) in [5.74, 6) is 2.44. The first-order chi connectivity index (χ1) is 14.1. The molecule has 29 heavy (non-hydrogen) atoms. The summed E-state index contributed by atoms with van der Waals surface area (Å²) in [4.78, 5) is 33.0. The second-order valence-corrected chi connectivity index (χ2v) is 8.55. The van der Waals surface area contributed by atoms with Gasteiger partial charge >= 0.3 is 0 Å². The first kappa shape index (κ1) is 18.4. The number of imidazole rings is 1. The van der Waals surface area contributed by atoms with E-state index in [1.165, 1.54) is 4.68 Å². The van der Waals surface area contributed by atoms with Gasteiger partial charge in [-0.15, -0.1) is 0 Å². The summed E-state index contributed by atoms with van der Waals surface area (Å²) in [5.41, 5.74) is 4.03. The van der Waals surface area contributed by atoms with Gasteiger partial charge in [0.25, 0.3) is 11.5 Å². The van der Waals surface area contributed by atoms with E-state index in [9.17, 15) is 9.59 Å². The number of H-pyrrole nitrogens is 1. The molecule has 2 aromatic heterocycles. The summed E-state index contributed by atoms with van der Waals surface area (Å²) in [6.45, 7) is 2.58. The number of ether oxygens (including phenoxy) is 1. The molecular weight excluding hydrogens is 390 g/mol. The lowest BCUT2D eigenvalue weighted by atomic mass is 10.1. The number of carbonyl (C=O) groups is 1. The van der Waals surface area contributed by atoms with Gasteiger partial charge in [0.1, 0.15) is 11.9 Å². The van der Waals surface area contributed by atoms with Crippen molar-refractivity contribution in [2.75, 3.05) is 19.0 Å². The normalized spacial score (nSPS) is 21.3. The van der Waals surface area contributed by atoms with Crippen LogP contribution in [0.2, 0.25) is 0 Å².